The molecule has 29 heavy (non-hydrogen) atoms. The van der Waals surface area contributed by atoms with Gasteiger partial charge in [-0.25, -0.2) is 5.48 Å². The molecule has 0 atom stereocenters. The number of rotatable bonds is 10. The number of aromatic nitrogens is 2. The summed E-state index contributed by atoms with van der Waals surface area (Å²) < 4.78 is 0. The van der Waals surface area contributed by atoms with E-state index in [-0.39, 0.29) is 33.4 Å². The zero-order chi connectivity index (χ0) is 21.2. The Balaban J connectivity index is 1.82. The SMILES string of the molecule is O=C(CCCCCCNC(=O)c1[nH]ncc1NC(=O)c1c(Cl)cccc1Cl)NO. The molecule has 0 bridgehead atoms. The number of benzene rings is 1. The molecule has 9 nitrogen and oxygen atoms in total. The molecule has 0 aliphatic carbocycles. The van der Waals surface area contributed by atoms with E-state index in [1.807, 2.05) is 0 Å². The van der Waals surface area contributed by atoms with Crippen LogP contribution in [0.15, 0.2) is 24.4 Å². The predicted octanol–water partition coefficient (Wildman–Crippen LogP) is 3.15. The second-order valence-corrected chi connectivity index (χ2v) is 6.98. The van der Waals surface area contributed by atoms with E-state index in [4.69, 9.17) is 28.4 Å². The number of hydrogen-bond donors (Lipinski definition) is 5. The first-order valence-corrected chi connectivity index (χ1v) is 9.69. The molecule has 1 heterocycles. The Bertz CT molecular complexity index is 851. The van der Waals surface area contributed by atoms with Crippen molar-refractivity contribution in [3.63, 3.8) is 0 Å². The van der Waals surface area contributed by atoms with Gasteiger partial charge in [0, 0.05) is 13.0 Å². The molecule has 11 heteroatoms. The van der Waals surface area contributed by atoms with Crippen molar-refractivity contribution in [2.24, 2.45) is 0 Å². The van der Waals surface area contributed by atoms with Gasteiger partial charge in [0.25, 0.3) is 11.8 Å². The van der Waals surface area contributed by atoms with Crippen LogP contribution in [0.5, 0.6) is 0 Å². The molecule has 0 unspecified atom stereocenters. The van der Waals surface area contributed by atoms with Crippen LogP contribution < -0.4 is 16.1 Å². The summed E-state index contributed by atoms with van der Waals surface area (Å²) in [7, 11) is 0. The minimum absolute atomic E-state index is 0.110. The Labute approximate surface area is 177 Å². The summed E-state index contributed by atoms with van der Waals surface area (Å²) in [5.74, 6) is -1.38. The maximum atomic E-state index is 12.5. The van der Waals surface area contributed by atoms with E-state index in [9.17, 15) is 14.4 Å². The number of unbranched alkanes of at least 4 members (excludes halogenated alkanes) is 3. The van der Waals surface area contributed by atoms with Crippen LogP contribution in [0, 0.1) is 0 Å². The number of H-pyrrole nitrogens is 1. The molecule has 156 valence electrons. The number of aromatic amines is 1. The molecule has 1 aromatic carbocycles. The molecule has 0 fully saturated rings. The second kappa shape index (κ2) is 11.4. The lowest BCUT2D eigenvalue weighted by atomic mass is 10.1. The van der Waals surface area contributed by atoms with Gasteiger partial charge in [0.2, 0.25) is 5.91 Å². The lowest BCUT2D eigenvalue weighted by Crippen LogP contribution is -2.26. The van der Waals surface area contributed by atoms with Gasteiger partial charge in [0.1, 0.15) is 5.69 Å². The highest BCUT2D eigenvalue weighted by molar-refractivity contribution is 6.40. The Morgan fingerprint density at radius 2 is 1.72 bits per heavy atom. The lowest BCUT2D eigenvalue weighted by molar-refractivity contribution is -0.129. The molecule has 0 saturated carbocycles. The second-order valence-electron chi connectivity index (χ2n) is 6.16. The van der Waals surface area contributed by atoms with Crippen LogP contribution in [0.2, 0.25) is 10.0 Å². The van der Waals surface area contributed by atoms with E-state index < -0.39 is 17.7 Å². The average Bonchev–Trinajstić information content (AvgIpc) is 3.14. The summed E-state index contributed by atoms with van der Waals surface area (Å²) in [5, 5.41) is 20.5. The first-order valence-electron chi connectivity index (χ1n) is 8.94. The average molecular weight is 442 g/mol. The Hall–Kier alpha value is -2.62. The van der Waals surface area contributed by atoms with E-state index in [1.165, 1.54) is 6.20 Å². The van der Waals surface area contributed by atoms with Crippen molar-refractivity contribution >= 4 is 46.6 Å². The molecule has 0 spiro atoms. The number of nitrogens with zero attached hydrogens (tertiary/aromatic N) is 1. The van der Waals surface area contributed by atoms with E-state index in [2.05, 4.69) is 20.8 Å². The third-order valence-corrected chi connectivity index (χ3v) is 4.68. The van der Waals surface area contributed by atoms with Crippen LogP contribution in [0.4, 0.5) is 5.69 Å². The molecule has 0 aliphatic heterocycles. The summed E-state index contributed by atoms with van der Waals surface area (Å²) in [5.41, 5.74) is 2.01. The topological polar surface area (TPSA) is 136 Å². The van der Waals surface area contributed by atoms with Gasteiger partial charge in [-0.15, -0.1) is 0 Å². The molecule has 1 aromatic heterocycles. The number of hydroxylamine groups is 1. The zero-order valence-corrected chi connectivity index (χ0v) is 16.9. The maximum Gasteiger partial charge on any atom is 0.271 e. The van der Waals surface area contributed by atoms with Crippen molar-refractivity contribution in [2.45, 2.75) is 32.1 Å². The number of nitrogens with one attached hydrogen (secondary N) is 4. The van der Waals surface area contributed by atoms with Crippen LogP contribution in [-0.4, -0.2) is 39.7 Å². The highest BCUT2D eigenvalue weighted by Gasteiger charge is 2.19. The minimum Gasteiger partial charge on any atom is -0.351 e. The largest absolute Gasteiger partial charge is 0.351 e. The number of halogens is 2. The third-order valence-electron chi connectivity index (χ3n) is 4.05. The Kier molecular flexibility index (Phi) is 8.91. The molecule has 0 saturated heterocycles. The van der Waals surface area contributed by atoms with Crippen LogP contribution in [0.3, 0.4) is 0 Å². The Morgan fingerprint density at radius 3 is 2.41 bits per heavy atom. The lowest BCUT2D eigenvalue weighted by Gasteiger charge is -2.09. The molecule has 2 aromatic rings. The normalized spacial score (nSPS) is 10.4. The predicted molar refractivity (Wildman–Crippen MR) is 108 cm³/mol. The highest BCUT2D eigenvalue weighted by atomic mass is 35.5. The van der Waals surface area contributed by atoms with Gasteiger partial charge in [-0.05, 0) is 25.0 Å². The number of hydrogen-bond acceptors (Lipinski definition) is 5. The fourth-order valence-corrected chi connectivity index (χ4v) is 3.13. The molecule has 0 radical (unpaired) electrons. The van der Waals surface area contributed by atoms with Gasteiger partial charge >= 0.3 is 0 Å². The monoisotopic (exact) mass is 441 g/mol. The van der Waals surface area contributed by atoms with Crippen molar-refractivity contribution < 1.29 is 19.6 Å². The number of anilines is 1. The maximum absolute atomic E-state index is 12.5. The fraction of sp³-hybridized carbons (Fsp3) is 0.333. The van der Waals surface area contributed by atoms with Gasteiger partial charge in [-0.2, -0.15) is 5.10 Å². The third kappa shape index (κ3) is 6.74. The van der Waals surface area contributed by atoms with Gasteiger partial charge in [-0.3, -0.25) is 24.7 Å². The summed E-state index contributed by atoms with van der Waals surface area (Å²) >= 11 is 12.1. The smallest absolute Gasteiger partial charge is 0.271 e. The number of carbonyl (C=O) groups excluding carboxylic acids is 3. The van der Waals surface area contributed by atoms with Gasteiger partial charge < -0.3 is 10.6 Å². The minimum atomic E-state index is -0.553. The molecule has 3 amide bonds. The van der Waals surface area contributed by atoms with Crippen molar-refractivity contribution in [1.29, 1.82) is 0 Å². The molecular weight excluding hydrogens is 421 g/mol. The van der Waals surface area contributed by atoms with Crippen LogP contribution >= 0.6 is 23.2 Å². The van der Waals surface area contributed by atoms with E-state index in [0.29, 0.717) is 13.0 Å². The summed E-state index contributed by atoms with van der Waals surface area (Å²) in [4.78, 5) is 35.7. The van der Waals surface area contributed by atoms with Gasteiger partial charge in [0.05, 0.1) is 27.5 Å². The number of amides is 3. The van der Waals surface area contributed by atoms with Crippen molar-refractivity contribution in [3.8, 4) is 0 Å². The molecule has 2 rings (SSSR count). The molecular formula is C18H21Cl2N5O4. The highest BCUT2D eigenvalue weighted by Crippen LogP contribution is 2.25. The summed E-state index contributed by atoms with van der Waals surface area (Å²) in [6.45, 7) is 0.424. The van der Waals surface area contributed by atoms with Crippen LogP contribution in [-0.2, 0) is 4.79 Å². The molecule has 0 aliphatic rings. The van der Waals surface area contributed by atoms with Crippen LogP contribution in [0.1, 0.15) is 53.0 Å². The van der Waals surface area contributed by atoms with Crippen LogP contribution in [0.25, 0.3) is 0 Å². The Morgan fingerprint density at radius 1 is 1.03 bits per heavy atom. The quantitative estimate of drug-likeness (QED) is 0.219. The van der Waals surface area contributed by atoms with Gasteiger partial charge in [0.15, 0.2) is 0 Å². The standard InChI is InChI=1S/C18H21Cl2N5O4/c19-11-6-5-7-12(20)15(11)17(27)23-13-10-22-24-16(13)18(28)21-9-4-2-1-3-8-14(26)25-29/h5-7,10,29H,1-4,8-9H2,(H,21,28)(H,22,24)(H,23,27)(H,25,26). The first-order chi connectivity index (χ1) is 13.9. The van der Waals surface area contributed by atoms with Crippen molar-refractivity contribution in [1.82, 2.24) is 21.0 Å². The summed E-state index contributed by atoms with van der Waals surface area (Å²) in [6.07, 6.45) is 4.57. The van der Waals surface area contributed by atoms with E-state index in [0.717, 1.165) is 19.3 Å². The fourth-order valence-electron chi connectivity index (χ4n) is 2.56. The molecule has 5 N–H and O–H groups in total. The van der Waals surface area contributed by atoms with E-state index in [1.54, 1.807) is 23.7 Å². The van der Waals surface area contributed by atoms with E-state index >= 15 is 0 Å². The first kappa shape index (κ1) is 22.7. The zero-order valence-electron chi connectivity index (χ0n) is 15.4. The van der Waals surface area contributed by atoms with Crippen molar-refractivity contribution in [2.75, 3.05) is 11.9 Å². The van der Waals surface area contributed by atoms with Gasteiger partial charge in [-0.1, -0.05) is 42.1 Å². The van der Waals surface area contributed by atoms with Crippen molar-refractivity contribution in [3.05, 3.63) is 45.7 Å². The number of carbonyl (C=O) groups is 3. The summed E-state index contributed by atoms with van der Waals surface area (Å²) in [6, 6.07) is 4.71.